The van der Waals surface area contributed by atoms with Crippen LogP contribution in [0, 0.1) is 0 Å². The van der Waals surface area contributed by atoms with Gasteiger partial charge >= 0.3 is 0 Å². The molecule has 0 bridgehead atoms. The van der Waals surface area contributed by atoms with Gasteiger partial charge in [-0.2, -0.15) is 0 Å². The van der Waals surface area contributed by atoms with Crippen LogP contribution in [-0.4, -0.2) is 44.9 Å². The molecule has 22 heavy (non-hydrogen) atoms. The highest BCUT2D eigenvalue weighted by Gasteiger charge is 2.34. The van der Waals surface area contributed by atoms with E-state index in [1.54, 1.807) is 0 Å². The van der Waals surface area contributed by atoms with Crippen molar-refractivity contribution in [2.24, 2.45) is 7.05 Å². The SMILES string of the molecule is Cn1cncc1CN1CCC[C@](O)(COc2ccccc2)C1. The first-order chi connectivity index (χ1) is 10.6. The number of nitrogens with zero attached hydrogens (tertiary/aromatic N) is 3. The zero-order chi connectivity index (χ0) is 15.4. The Morgan fingerprint density at radius 2 is 2.14 bits per heavy atom. The molecule has 1 atom stereocenters. The molecule has 0 radical (unpaired) electrons. The number of rotatable bonds is 5. The minimum Gasteiger partial charge on any atom is -0.491 e. The number of aliphatic hydroxyl groups is 1. The van der Waals surface area contributed by atoms with Crippen LogP contribution in [0.4, 0.5) is 0 Å². The molecule has 2 aromatic rings. The maximum absolute atomic E-state index is 10.8. The lowest BCUT2D eigenvalue weighted by molar-refractivity contribution is -0.0624. The van der Waals surface area contributed by atoms with Crippen molar-refractivity contribution in [3.8, 4) is 5.75 Å². The fraction of sp³-hybridized carbons (Fsp3) is 0.471. The maximum atomic E-state index is 10.8. The van der Waals surface area contributed by atoms with Gasteiger partial charge in [0.25, 0.3) is 0 Å². The third-order valence-electron chi connectivity index (χ3n) is 4.19. The zero-order valence-corrected chi connectivity index (χ0v) is 13.0. The summed E-state index contributed by atoms with van der Waals surface area (Å²) in [6.07, 6.45) is 5.45. The van der Waals surface area contributed by atoms with Crippen molar-refractivity contribution < 1.29 is 9.84 Å². The van der Waals surface area contributed by atoms with Crippen molar-refractivity contribution >= 4 is 0 Å². The maximum Gasteiger partial charge on any atom is 0.119 e. The molecular weight excluding hydrogens is 278 g/mol. The van der Waals surface area contributed by atoms with E-state index in [1.165, 1.54) is 0 Å². The summed E-state index contributed by atoms with van der Waals surface area (Å²) in [4.78, 5) is 6.42. The number of likely N-dealkylation sites (tertiary alicyclic amines) is 1. The summed E-state index contributed by atoms with van der Waals surface area (Å²) < 4.78 is 7.78. The summed E-state index contributed by atoms with van der Waals surface area (Å²) in [6.45, 7) is 2.77. The predicted octanol–water partition coefficient (Wildman–Crippen LogP) is 1.83. The van der Waals surface area contributed by atoms with Gasteiger partial charge in [-0.25, -0.2) is 4.98 Å². The van der Waals surface area contributed by atoms with Gasteiger partial charge in [-0.15, -0.1) is 0 Å². The fourth-order valence-electron chi connectivity index (χ4n) is 2.96. The van der Waals surface area contributed by atoms with Crippen LogP contribution >= 0.6 is 0 Å². The molecule has 0 unspecified atom stereocenters. The minimum absolute atomic E-state index is 0.332. The average molecular weight is 301 g/mol. The monoisotopic (exact) mass is 301 g/mol. The Hall–Kier alpha value is -1.85. The Bertz CT molecular complexity index is 599. The van der Waals surface area contributed by atoms with Gasteiger partial charge in [-0.3, -0.25) is 4.90 Å². The summed E-state index contributed by atoms with van der Waals surface area (Å²) in [6, 6.07) is 9.67. The highest BCUT2D eigenvalue weighted by atomic mass is 16.5. The number of para-hydroxylation sites is 1. The van der Waals surface area contributed by atoms with Gasteiger partial charge in [-0.05, 0) is 31.5 Å². The topological polar surface area (TPSA) is 50.5 Å². The second-order valence-electron chi connectivity index (χ2n) is 6.14. The van der Waals surface area contributed by atoms with Gasteiger partial charge in [0.1, 0.15) is 18.0 Å². The summed E-state index contributed by atoms with van der Waals surface area (Å²) in [5.41, 5.74) is 0.375. The molecule has 5 nitrogen and oxygen atoms in total. The number of piperidine rings is 1. The highest BCUT2D eigenvalue weighted by molar-refractivity contribution is 5.21. The fourth-order valence-corrected chi connectivity index (χ4v) is 2.96. The number of aromatic nitrogens is 2. The molecule has 1 N–H and O–H groups in total. The summed E-state index contributed by atoms with van der Waals surface area (Å²) in [5, 5.41) is 10.8. The number of hydrogen-bond acceptors (Lipinski definition) is 4. The van der Waals surface area contributed by atoms with E-state index in [-0.39, 0.29) is 0 Å². The third-order valence-corrected chi connectivity index (χ3v) is 4.19. The van der Waals surface area contributed by atoms with Gasteiger partial charge < -0.3 is 14.4 Å². The molecule has 5 heteroatoms. The second kappa shape index (κ2) is 6.50. The molecule has 1 aromatic carbocycles. The van der Waals surface area contributed by atoms with Crippen molar-refractivity contribution in [2.45, 2.75) is 25.0 Å². The van der Waals surface area contributed by atoms with Gasteiger partial charge in [0, 0.05) is 26.3 Å². The van der Waals surface area contributed by atoms with Crippen LogP contribution in [0.5, 0.6) is 5.75 Å². The average Bonchev–Trinajstić information content (AvgIpc) is 2.92. The van der Waals surface area contributed by atoms with Gasteiger partial charge in [0.05, 0.1) is 12.0 Å². The van der Waals surface area contributed by atoms with Crippen LogP contribution in [0.25, 0.3) is 0 Å². The number of β-amino-alcohol motifs (C(OH)–C–C–N with tert-alkyl or cyclic N) is 1. The molecule has 1 aliphatic heterocycles. The van der Waals surface area contributed by atoms with Crippen LogP contribution < -0.4 is 4.74 Å². The molecule has 0 saturated carbocycles. The van der Waals surface area contributed by atoms with Crippen molar-refractivity contribution in [1.29, 1.82) is 0 Å². The number of ether oxygens (including phenoxy) is 1. The van der Waals surface area contributed by atoms with E-state index in [4.69, 9.17) is 4.74 Å². The van der Waals surface area contributed by atoms with E-state index in [1.807, 2.05) is 54.5 Å². The van der Waals surface area contributed by atoms with E-state index in [0.717, 1.165) is 37.4 Å². The van der Waals surface area contributed by atoms with E-state index in [9.17, 15) is 5.11 Å². The van der Waals surface area contributed by atoms with Crippen LogP contribution in [-0.2, 0) is 13.6 Å². The standard InChI is InChI=1S/C17H23N3O2/c1-19-14-18-10-15(19)11-20-9-5-8-17(21,12-20)13-22-16-6-3-2-4-7-16/h2-4,6-7,10,14,21H,5,8-9,11-13H2,1H3/t17-/m1/s1. The molecule has 0 aliphatic carbocycles. The predicted molar refractivity (Wildman–Crippen MR) is 84.6 cm³/mol. The Morgan fingerprint density at radius 3 is 2.86 bits per heavy atom. The molecule has 2 heterocycles. The quantitative estimate of drug-likeness (QED) is 0.915. The lowest BCUT2D eigenvalue weighted by Gasteiger charge is -2.38. The summed E-state index contributed by atoms with van der Waals surface area (Å²) in [5.74, 6) is 0.805. The van der Waals surface area contributed by atoms with E-state index >= 15 is 0 Å². The number of aryl methyl sites for hydroxylation is 1. The molecule has 1 saturated heterocycles. The Labute approximate surface area is 131 Å². The molecule has 118 valence electrons. The first kappa shape index (κ1) is 15.1. The second-order valence-corrected chi connectivity index (χ2v) is 6.14. The molecule has 0 amide bonds. The molecule has 0 spiro atoms. The van der Waals surface area contributed by atoms with Crippen LogP contribution in [0.3, 0.4) is 0 Å². The van der Waals surface area contributed by atoms with E-state index in [0.29, 0.717) is 13.2 Å². The van der Waals surface area contributed by atoms with Crippen molar-refractivity contribution in [3.05, 3.63) is 48.5 Å². The highest BCUT2D eigenvalue weighted by Crippen LogP contribution is 2.24. The van der Waals surface area contributed by atoms with Crippen molar-refractivity contribution in [1.82, 2.24) is 14.5 Å². The number of benzene rings is 1. The van der Waals surface area contributed by atoms with E-state index < -0.39 is 5.60 Å². The Kier molecular flexibility index (Phi) is 4.45. The summed E-state index contributed by atoms with van der Waals surface area (Å²) >= 11 is 0. The van der Waals surface area contributed by atoms with Crippen molar-refractivity contribution in [3.63, 3.8) is 0 Å². The first-order valence-corrected chi connectivity index (χ1v) is 7.72. The molecule has 1 fully saturated rings. The normalized spacial score (nSPS) is 22.6. The Balaban J connectivity index is 1.58. The van der Waals surface area contributed by atoms with Gasteiger partial charge in [0.2, 0.25) is 0 Å². The molecule has 1 aromatic heterocycles. The van der Waals surface area contributed by atoms with Crippen LogP contribution in [0.15, 0.2) is 42.9 Å². The molecular formula is C17H23N3O2. The lowest BCUT2D eigenvalue weighted by atomic mass is 9.93. The largest absolute Gasteiger partial charge is 0.491 e. The Morgan fingerprint density at radius 1 is 1.32 bits per heavy atom. The molecule has 1 aliphatic rings. The lowest BCUT2D eigenvalue weighted by Crippen LogP contribution is -2.51. The first-order valence-electron chi connectivity index (χ1n) is 7.72. The van der Waals surface area contributed by atoms with Gasteiger partial charge in [0.15, 0.2) is 0 Å². The number of imidazole rings is 1. The zero-order valence-electron chi connectivity index (χ0n) is 13.0. The van der Waals surface area contributed by atoms with Crippen molar-refractivity contribution in [2.75, 3.05) is 19.7 Å². The summed E-state index contributed by atoms with van der Waals surface area (Å²) in [7, 11) is 2.00. The number of hydrogen-bond donors (Lipinski definition) is 1. The van der Waals surface area contributed by atoms with Gasteiger partial charge in [-0.1, -0.05) is 18.2 Å². The molecule has 3 rings (SSSR count). The smallest absolute Gasteiger partial charge is 0.119 e. The third kappa shape index (κ3) is 3.67. The van der Waals surface area contributed by atoms with Crippen LogP contribution in [0.1, 0.15) is 18.5 Å². The van der Waals surface area contributed by atoms with Crippen LogP contribution in [0.2, 0.25) is 0 Å². The minimum atomic E-state index is -0.785. The van der Waals surface area contributed by atoms with E-state index in [2.05, 4.69) is 9.88 Å².